The molecule has 7 heteroatoms. The molecule has 0 aliphatic rings. The molecule has 0 aliphatic carbocycles. The van der Waals surface area contributed by atoms with Crippen molar-refractivity contribution in [3.8, 4) is 17.4 Å². The van der Waals surface area contributed by atoms with Crippen molar-refractivity contribution in [1.82, 2.24) is 15.5 Å². The Morgan fingerprint density at radius 1 is 1.00 bits per heavy atom. The fourth-order valence-electron chi connectivity index (χ4n) is 1.65. The number of nitrogens with one attached hydrogen (secondary N) is 1. The van der Waals surface area contributed by atoms with E-state index in [0.717, 1.165) is 5.75 Å². The smallest absolute Gasteiger partial charge is 0.271 e. The molecular formula is C15H17N3O4. The van der Waals surface area contributed by atoms with Gasteiger partial charge in [0.05, 0.1) is 20.8 Å². The van der Waals surface area contributed by atoms with Crippen LogP contribution in [0.1, 0.15) is 10.5 Å². The monoisotopic (exact) mass is 303 g/mol. The Hall–Kier alpha value is -2.83. The summed E-state index contributed by atoms with van der Waals surface area (Å²) in [7, 11) is 3.09. The van der Waals surface area contributed by atoms with Crippen molar-refractivity contribution < 1.29 is 19.0 Å². The molecule has 0 saturated heterocycles. The quantitative estimate of drug-likeness (QED) is 0.776. The van der Waals surface area contributed by atoms with Crippen LogP contribution in [0.15, 0.2) is 36.4 Å². The lowest BCUT2D eigenvalue weighted by Crippen LogP contribution is -2.29. The van der Waals surface area contributed by atoms with Crippen LogP contribution in [0.4, 0.5) is 0 Å². The van der Waals surface area contributed by atoms with Gasteiger partial charge in [0.1, 0.15) is 18.1 Å². The molecule has 2 aromatic rings. The van der Waals surface area contributed by atoms with Crippen LogP contribution in [0.3, 0.4) is 0 Å². The van der Waals surface area contributed by atoms with E-state index < -0.39 is 0 Å². The molecule has 1 N–H and O–H groups in total. The molecule has 1 heterocycles. The topological polar surface area (TPSA) is 82.6 Å². The first-order valence-corrected chi connectivity index (χ1v) is 6.65. The summed E-state index contributed by atoms with van der Waals surface area (Å²) in [5, 5.41) is 10.2. The molecule has 1 amide bonds. The third-order valence-electron chi connectivity index (χ3n) is 2.80. The van der Waals surface area contributed by atoms with Gasteiger partial charge < -0.3 is 19.5 Å². The number of carbonyl (C=O) groups is 1. The lowest BCUT2D eigenvalue weighted by atomic mass is 10.3. The zero-order chi connectivity index (χ0) is 15.8. The maximum Gasteiger partial charge on any atom is 0.271 e. The number of benzene rings is 1. The second kappa shape index (κ2) is 7.82. The average molecular weight is 303 g/mol. The highest BCUT2D eigenvalue weighted by atomic mass is 16.5. The highest BCUT2D eigenvalue weighted by Crippen LogP contribution is 2.16. The molecule has 7 nitrogen and oxygen atoms in total. The van der Waals surface area contributed by atoms with Gasteiger partial charge in [-0.25, -0.2) is 0 Å². The Labute approximate surface area is 128 Å². The molecule has 0 spiro atoms. The van der Waals surface area contributed by atoms with E-state index >= 15 is 0 Å². The van der Waals surface area contributed by atoms with Crippen LogP contribution in [-0.2, 0) is 0 Å². The van der Waals surface area contributed by atoms with E-state index in [1.54, 1.807) is 43.5 Å². The van der Waals surface area contributed by atoms with Crippen LogP contribution in [0, 0.1) is 0 Å². The summed E-state index contributed by atoms with van der Waals surface area (Å²) >= 11 is 0. The zero-order valence-corrected chi connectivity index (χ0v) is 12.4. The van der Waals surface area contributed by atoms with Gasteiger partial charge >= 0.3 is 0 Å². The van der Waals surface area contributed by atoms with E-state index in [1.165, 1.54) is 7.11 Å². The highest BCUT2D eigenvalue weighted by Gasteiger charge is 2.07. The number of hydrogen-bond donors (Lipinski definition) is 1. The summed E-state index contributed by atoms with van der Waals surface area (Å²) in [6.45, 7) is 0.709. The predicted octanol–water partition coefficient (Wildman–Crippen LogP) is 1.30. The summed E-state index contributed by atoms with van der Waals surface area (Å²) in [5.74, 6) is 1.52. The first-order valence-electron chi connectivity index (χ1n) is 6.65. The van der Waals surface area contributed by atoms with E-state index in [2.05, 4.69) is 15.5 Å². The van der Waals surface area contributed by atoms with Crippen LogP contribution in [0.25, 0.3) is 0 Å². The molecule has 0 fully saturated rings. The van der Waals surface area contributed by atoms with Gasteiger partial charge in [-0.3, -0.25) is 4.79 Å². The van der Waals surface area contributed by atoms with Gasteiger partial charge in [-0.1, -0.05) is 0 Å². The predicted molar refractivity (Wildman–Crippen MR) is 79.4 cm³/mol. The standard InChI is InChI=1S/C15H17N3O4/c1-20-11-3-5-12(6-4-11)22-10-9-16-15(19)13-7-8-14(21-2)18-17-13/h3-8H,9-10H2,1-2H3,(H,16,19). The number of aromatic nitrogens is 2. The summed E-state index contributed by atoms with van der Waals surface area (Å²) in [6.07, 6.45) is 0. The van der Waals surface area contributed by atoms with E-state index in [4.69, 9.17) is 14.2 Å². The van der Waals surface area contributed by atoms with Crippen molar-refractivity contribution >= 4 is 5.91 Å². The third-order valence-corrected chi connectivity index (χ3v) is 2.80. The van der Waals surface area contributed by atoms with Crippen molar-refractivity contribution in [2.75, 3.05) is 27.4 Å². The summed E-state index contributed by atoms with van der Waals surface area (Å²) in [6, 6.07) is 10.3. The maximum absolute atomic E-state index is 11.8. The van der Waals surface area contributed by atoms with Crippen molar-refractivity contribution in [3.63, 3.8) is 0 Å². The Bertz CT molecular complexity index is 599. The Morgan fingerprint density at radius 3 is 2.32 bits per heavy atom. The molecule has 0 aliphatic heterocycles. The van der Waals surface area contributed by atoms with Gasteiger partial charge in [0, 0.05) is 6.07 Å². The Kier molecular flexibility index (Phi) is 5.53. The van der Waals surface area contributed by atoms with E-state index in [1.807, 2.05) is 0 Å². The fourth-order valence-corrected chi connectivity index (χ4v) is 1.65. The van der Waals surface area contributed by atoms with Gasteiger partial charge in [-0.15, -0.1) is 10.2 Å². The first kappa shape index (κ1) is 15.6. The molecular weight excluding hydrogens is 286 g/mol. The molecule has 2 rings (SSSR count). The maximum atomic E-state index is 11.8. The average Bonchev–Trinajstić information content (AvgIpc) is 2.59. The van der Waals surface area contributed by atoms with Gasteiger partial charge in [0.25, 0.3) is 5.91 Å². The summed E-state index contributed by atoms with van der Waals surface area (Å²) < 4.78 is 15.4. The molecule has 0 radical (unpaired) electrons. The van der Waals surface area contributed by atoms with E-state index in [9.17, 15) is 4.79 Å². The van der Waals surface area contributed by atoms with Crippen LogP contribution < -0.4 is 19.5 Å². The summed E-state index contributed by atoms with van der Waals surface area (Å²) in [4.78, 5) is 11.8. The number of rotatable bonds is 7. The van der Waals surface area contributed by atoms with Crippen molar-refractivity contribution in [1.29, 1.82) is 0 Å². The molecule has 1 aromatic heterocycles. The minimum absolute atomic E-state index is 0.227. The van der Waals surface area contributed by atoms with Crippen LogP contribution in [0.2, 0.25) is 0 Å². The minimum Gasteiger partial charge on any atom is -0.497 e. The largest absolute Gasteiger partial charge is 0.497 e. The number of methoxy groups -OCH3 is 2. The summed E-state index contributed by atoms with van der Waals surface area (Å²) in [5.41, 5.74) is 0.227. The Balaban J connectivity index is 1.74. The van der Waals surface area contributed by atoms with Gasteiger partial charge in [0.2, 0.25) is 5.88 Å². The van der Waals surface area contributed by atoms with Crippen molar-refractivity contribution in [3.05, 3.63) is 42.1 Å². The normalized spacial score (nSPS) is 9.91. The van der Waals surface area contributed by atoms with Gasteiger partial charge in [-0.2, -0.15) is 0 Å². The van der Waals surface area contributed by atoms with Crippen molar-refractivity contribution in [2.45, 2.75) is 0 Å². The molecule has 1 aromatic carbocycles. The van der Waals surface area contributed by atoms with Gasteiger partial charge in [0.15, 0.2) is 5.69 Å². The second-order valence-electron chi connectivity index (χ2n) is 4.24. The number of carbonyl (C=O) groups excluding carboxylic acids is 1. The number of ether oxygens (including phenoxy) is 3. The van der Waals surface area contributed by atoms with Crippen LogP contribution in [-0.4, -0.2) is 43.5 Å². The zero-order valence-electron chi connectivity index (χ0n) is 12.4. The number of nitrogens with zero attached hydrogens (tertiary/aromatic N) is 2. The minimum atomic E-state index is -0.312. The second-order valence-corrected chi connectivity index (χ2v) is 4.24. The number of amides is 1. The van der Waals surface area contributed by atoms with Gasteiger partial charge in [-0.05, 0) is 30.3 Å². The van der Waals surface area contributed by atoms with E-state index in [0.29, 0.717) is 24.8 Å². The van der Waals surface area contributed by atoms with Crippen LogP contribution >= 0.6 is 0 Å². The number of hydrogen-bond acceptors (Lipinski definition) is 6. The Morgan fingerprint density at radius 2 is 1.73 bits per heavy atom. The molecule has 116 valence electrons. The van der Waals surface area contributed by atoms with E-state index in [-0.39, 0.29) is 11.6 Å². The molecule has 0 atom stereocenters. The molecule has 0 bridgehead atoms. The highest BCUT2D eigenvalue weighted by molar-refractivity contribution is 5.92. The van der Waals surface area contributed by atoms with Crippen molar-refractivity contribution in [2.24, 2.45) is 0 Å². The molecule has 22 heavy (non-hydrogen) atoms. The third kappa shape index (κ3) is 4.34. The van der Waals surface area contributed by atoms with Crippen LogP contribution in [0.5, 0.6) is 17.4 Å². The fraction of sp³-hybridized carbons (Fsp3) is 0.267. The molecule has 0 unspecified atom stereocenters. The first-order chi connectivity index (χ1) is 10.7. The lowest BCUT2D eigenvalue weighted by Gasteiger charge is -2.08. The SMILES string of the molecule is COc1ccc(OCCNC(=O)c2ccc(OC)nn2)cc1. The molecule has 0 saturated carbocycles. The lowest BCUT2D eigenvalue weighted by molar-refractivity contribution is 0.0940.